The molecular formula is C13H14BrNO2. The highest BCUT2D eigenvalue weighted by atomic mass is 79.9. The lowest BCUT2D eigenvalue weighted by molar-refractivity contribution is 0.0954. The third-order valence-corrected chi connectivity index (χ3v) is 2.62. The number of aliphatic hydroxyl groups is 1. The monoisotopic (exact) mass is 295 g/mol. The fourth-order valence-corrected chi connectivity index (χ4v) is 1.50. The molecule has 0 saturated heterocycles. The number of hydrogen-bond donors (Lipinski definition) is 2. The molecule has 1 rings (SSSR count). The first-order chi connectivity index (χ1) is 8.27. The van der Waals surface area contributed by atoms with Crippen LogP contribution in [-0.2, 0) is 0 Å². The average molecular weight is 296 g/mol. The highest BCUT2D eigenvalue weighted by molar-refractivity contribution is 9.09. The van der Waals surface area contributed by atoms with Crippen molar-refractivity contribution in [1.82, 2.24) is 5.32 Å². The first-order valence-electron chi connectivity index (χ1n) is 5.32. The molecule has 3 nitrogen and oxygen atoms in total. The van der Waals surface area contributed by atoms with E-state index in [0.29, 0.717) is 12.1 Å². The lowest BCUT2D eigenvalue weighted by atomic mass is 10.1. The van der Waals surface area contributed by atoms with Crippen LogP contribution in [0.3, 0.4) is 0 Å². The van der Waals surface area contributed by atoms with Gasteiger partial charge in [-0.3, -0.25) is 4.79 Å². The maximum atomic E-state index is 11.6. The molecule has 1 aromatic rings. The Balaban J connectivity index is 2.57. The minimum atomic E-state index is -0.158. The van der Waals surface area contributed by atoms with Gasteiger partial charge in [0.05, 0.1) is 0 Å². The molecule has 2 N–H and O–H groups in total. The first-order valence-corrected chi connectivity index (χ1v) is 6.44. The van der Waals surface area contributed by atoms with Gasteiger partial charge in [-0.25, -0.2) is 0 Å². The van der Waals surface area contributed by atoms with Gasteiger partial charge in [0.15, 0.2) is 0 Å². The van der Waals surface area contributed by atoms with E-state index in [2.05, 4.69) is 33.1 Å². The van der Waals surface area contributed by atoms with Gasteiger partial charge < -0.3 is 10.4 Å². The maximum absolute atomic E-state index is 11.6. The van der Waals surface area contributed by atoms with E-state index in [9.17, 15) is 4.79 Å². The van der Waals surface area contributed by atoms with Crippen molar-refractivity contribution in [3.05, 3.63) is 35.4 Å². The average Bonchev–Trinajstić information content (AvgIpc) is 2.37. The molecule has 1 amide bonds. The van der Waals surface area contributed by atoms with Gasteiger partial charge >= 0.3 is 0 Å². The molecule has 0 spiro atoms. The van der Waals surface area contributed by atoms with E-state index in [-0.39, 0.29) is 12.5 Å². The molecule has 0 aliphatic rings. The van der Waals surface area contributed by atoms with Crippen molar-refractivity contribution in [2.24, 2.45) is 0 Å². The molecule has 0 aliphatic heterocycles. The topological polar surface area (TPSA) is 49.3 Å². The molecule has 0 aromatic heterocycles. The van der Waals surface area contributed by atoms with Crippen molar-refractivity contribution in [3.8, 4) is 11.8 Å². The Hall–Kier alpha value is -1.31. The number of rotatable bonds is 4. The van der Waals surface area contributed by atoms with Crippen LogP contribution in [0.4, 0.5) is 0 Å². The van der Waals surface area contributed by atoms with E-state index in [4.69, 9.17) is 5.11 Å². The summed E-state index contributed by atoms with van der Waals surface area (Å²) in [6.45, 7) is 0.505. The van der Waals surface area contributed by atoms with Crippen LogP contribution >= 0.6 is 15.9 Å². The molecule has 0 unspecified atom stereocenters. The lowest BCUT2D eigenvalue weighted by Crippen LogP contribution is -2.24. The van der Waals surface area contributed by atoms with Gasteiger partial charge in [-0.1, -0.05) is 27.8 Å². The molecule has 4 heteroatoms. The zero-order valence-electron chi connectivity index (χ0n) is 9.37. The van der Waals surface area contributed by atoms with Crippen molar-refractivity contribution in [1.29, 1.82) is 0 Å². The number of carbonyl (C=O) groups is 1. The molecule has 1 aromatic carbocycles. The quantitative estimate of drug-likeness (QED) is 0.503. The van der Waals surface area contributed by atoms with Gasteiger partial charge in [-0.2, -0.15) is 0 Å². The van der Waals surface area contributed by atoms with Gasteiger partial charge in [0.1, 0.15) is 6.61 Å². The summed E-state index contributed by atoms with van der Waals surface area (Å²) < 4.78 is 0. The number of aliphatic hydroxyl groups excluding tert-OH is 1. The molecule has 0 aliphatic carbocycles. The van der Waals surface area contributed by atoms with Gasteiger partial charge in [-0.15, -0.1) is 0 Å². The van der Waals surface area contributed by atoms with Crippen molar-refractivity contribution >= 4 is 21.8 Å². The largest absolute Gasteiger partial charge is 0.384 e. The molecule has 0 saturated carbocycles. The fourth-order valence-electron chi connectivity index (χ4n) is 1.22. The lowest BCUT2D eigenvalue weighted by Gasteiger charge is -2.03. The highest BCUT2D eigenvalue weighted by Gasteiger charge is 2.03. The minimum Gasteiger partial charge on any atom is -0.384 e. The summed E-state index contributed by atoms with van der Waals surface area (Å²) in [4.78, 5) is 11.6. The summed E-state index contributed by atoms with van der Waals surface area (Å²) in [6.07, 6.45) is 0.909. The number of amides is 1. The summed E-state index contributed by atoms with van der Waals surface area (Å²) in [6, 6.07) is 6.99. The molecule has 0 bridgehead atoms. The molecule has 0 radical (unpaired) electrons. The van der Waals surface area contributed by atoms with E-state index in [1.54, 1.807) is 24.3 Å². The van der Waals surface area contributed by atoms with Crippen molar-refractivity contribution in [2.45, 2.75) is 6.42 Å². The summed E-state index contributed by atoms with van der Waals surface area (Å²) in [5.74, 6) is 5.25. The van der Waals surface area contributed by atoms with Crippen molar-refractivity contribution in [3.63, 3.8) is 0 Å². The van der Waals surface area contributed by atoms with E-state index in [1.165, 1.54) is 0 Å². The number of carbonyl (C=O) groups excluding carboxylic acids is 1. The fraction of sp³-hybridized carbons (Fsp3) is 0.308. The Morgan fingerprint density at radius 2 is 2.06 bits per heavy atom. The van der Waals surface area contributed by atoms with Crippen molar-refractivity contribution in [2.75, 3.05) is 18.5 Å². The summed E-state index contributed by atoms with van der Waals surface area (Å²) in [5.41, 5.74) is 1.41. The summed E-state index contributed by atoms with van der Waals surface area (Å²) >= 11 is 3.30. The van der Waals surface area contributed by atoms with Crippen LogP contribution in [0.15, 0.2) is 24.3 Å². The summed E-state index contributed by atoms with van der Waals surface area (Å²) in [7, 11) is 0. The van der Waals surface area contributed by atoms with Crippen molar-refractivity contribution < 1.29 is 9.90 Å². The Bertz CT molecular complexity index is 417. The Morgan fingerprint density at radius 1 is 1.35 bits per heavy atom. The van der Waals surface area contributed by atoms with E-state index in [0.717, 1.165) is 17.3 Å². The van der Waals surface area contributed by atoms with Crippen LogP contribution in [-0.4, -0.2) is 29.5 Å². The van der Waals surface area contributed by atoms with Crippen LogP contribution in [0, 0.1) is 11.8 Å². The number of halogens is 1. The van der Waals surface area contributed by atoms with Crippen LogP contribution in [0.25, 0.3) is 0 Å². The van der Waals surface area contributed by atoms with E-state index in [1.807, 2.05) is 0 Å². The second-order valence-corrected chi connectivity index (χ2v) is 4.13. The second-order valence-electron chi connectivity index (χ2n) is 3.34. The van der Waals surface area contributed by atoms with Crippen LogP contribution < -0.4 is 5.32 Å². The number of hydrogen-bond acceptors (Lipinski definition) is 2. The normalized spacial score (nSPS) is 9.29. The standard InChI is InChI=1S/C13H14BrNO2/c14-8-2-9-15-13(17)12-6-4-11(5-7-12)3-1-10-16/h4-7,16H,2,8-10H2,(H,15,17). The maximum Gasteiger partial charge on any atom is 0.251 e. The second kappa shape index (κ2) is 7.88. The molecule has 0 heterocycles. The molecule has 17 heavy (non-hydrogen) atoms. The van der Waals surface area contributed by atoms with E-state index < -0.39 is 0 Å². The zero-order valence-corrected chi connectivity index (χ0v) is 11.0. The third-order valence-electron chi connectivity index (χ3n) is 2.05. The van der Waals surface area contributed by atoms with Gasteiger partial charge in [0.2, 0.25) is 0 Å². The predicted molar refractivity (Wildman–Crippen MR) is 71.2 cm³/mol. The molecular weight excluding hydrogens is 282 g/mol. The van der Waals surface area contributed by atoms with Gasteiger partial charge in [0, 0.05) is 23.0 Å². The van der Waals surface area contributed by atoms with E-state index >= 15 is 0 Å². The number of alkyl halides is 1. The Kier molecular flexibility index (Phi) is 6.38. The molecule has 0 atom stereocenters. The highest BCUT2D eigenvalue weighted by Crippen LogP contribution is 2.03. The Morgan fingerprint density at radius 3 is 2.65 bits per heavy atom. The third kappa shape index (κ3) is 5.03. The number of benzene rings is 1. The Labute approximate surface area is 109 Å². The van der Waals surface area contributed by atoms with Gasteiger partial charge in [-0.05, 0) is 30.7 Å². The minimum absolute atomic E-state index is 0.0763. The van der Waals surface area contributed by atoms with Crippen LogP contribution in [0.1, 0.15) is 22.3 Å². The smallest absolute Gasteiger partial charge is 0.251 e. The first kappa shape index (κ1) is 13.8. The SMILES string of the molecule is O=C(NCCCBr)c1ccc(C#CCO)cc1. The summed E-state index contributed by atoms with van der Waals surface area (Å²) in [5, 5.41) is 12.2. The predicted octanol–water partition coefficient (Wildman–Crippen LogP) is 1.55. The molecule has 0 fully saturated rings. The van der Waals surface area contributed by atoms with Crippen LogP contribution in [0.2, 0.25) is 0 Å². The number of nitrogens with one attached hydrogen (secondary N) is 1. The molecule has 90 valence electrons. The van der Waals surface area contributed by atoms with Gasteiger partial charge in [0.25, 0.3) is 5.91 Å². The van der Waals surface area contributed by atoms with Crippen LogP contribution in [0.5, 0.6) is 0 Å². The zero-order chi connectivity index (χ0) is 12.5.